The van der Waals surface area contributed by atoms with Gasteiger partial charge in [-0.05, 0) is 18.3 Å². The normalized spacial score (nSPS) is 28.3. The molecular weight excluding hydrogens is 178 g/mol. The third-order valence-corrected chi connectivity index (χ3v) is 2.86. The fraction of sp³-hybridized carbons (Fsp3) is 0.909. The number of rotatable bonds is 3. The van der Waals surface area contributed by atoms with Gasteiger partial charge in [0.1, 0.15) is 6.61 Å². The molecule has 1 fully saturated rings. The molecule has 0 spiro atoms. The van der Waals surface area contributed by atoms with Crippen LogP contribution in [-0.2, 0) is 9.53 Å². The van der Waals surface area contributed by atoms with Gasteiger partial charge in [-0.1, -0.05) is 27.7 Å². The summed E-state index contributed by atoms with van der Waals surface area (Å²) in [5.74, 6) is 0.999. The highest BCUT2D eigenvalue weighted by molar-refractivity contribution is 5.78. The van der Waals surface area contributed by atoms with Gasteiger partial charge in [0, 0.05) is 0 Å². The van der Waals surface area contributed by atoms with Gasteiger partial charge in [0.2, 0.25) is 5.91 Å². The standard InChI is InChI=1S/C11H21NO2/c1-8(2)5-11(9(3)4)7-14-6-10(13)12-11/h8-9H,5-7H2,1-4H3,(H,12,13). The summed E-state index contributed by atoms with van der Waals surface area (Å²) in [5.41, 5.74) is -0.149. The SMILES string of the molecule is CC(C)CC1(C(C)C)COCC(=O)N1. The first-order valence-electron chi connectivity index (χ1n) is 5.35. The molecule has 1 N–H and O–H groups in total. The quantitative estimate of drug-likeness (QED) is 0.749. The summed E-state index contributed by atoms with van der Waals surface area (Å²) in [7, 11) is 0. The lowest BCUT2D eigenvalue weighted by Crippen LogP contribution is -2.60. The van der Waals surface area contributed by atoms with Crippen LogP contribution in [0.2, 0.25) is 0 Å². The van der Waals surface area contributed by atoms with Gasteiger partial charge in [-0.25, -0.2) is 0 Å². The first kappa shape index (κ1) is 11.5. The highest BCUT2D eigenvalue weighted by Crippen LogP contribution is 2.27. The molecule has 0 aromatic heterocycles. The van der Waals surface area contributed by atoms with E-state index in [1.165, 1.54) is 0 Å². The van der Waals surface area contributed by atoms with Gasteiger partial charge in [-0.15, -0.1) is 0 Å². The first-order valence-corrected chi connectivity index (χ1v) is 5.35. The monoisotopic (exact) mass is 199 g/mol. The molecule has 1 saturated heterocycles. The Hall–Kier alpha value is -0.570. The molecule has 3 nitrogen and oxygen atoms in total. The molecule has 0 aromatic carbocycles. The molecule has 0 saturated carbocycles. The maximum absolute atomic E-state index is 11.3. The van der Waals surface area contributed by atoms with Gasteiger partial charge >= 0.3 is 0 Å². The fourth-order valence-electron chi connectivity index (χ4n) is 2.06. The number of nitrogens with one attached hydrogen (secondary N) is 1. The van der Waals surface area contributed by atoms with Crippen LogP contribution in [-0.4, -0.2) is 24.7 Å². The molecule has 14 heavy (non-hydrogen) atoms. The maximum atomic E-state index is 11.3. The van der Waals surface area contributed by atoms with E-state index in [1.54, 1.807) is 0 Å². The third-order valence-electron chi connectivity index (χ3n) is 2.86. The summed E-state index contributed by atoms with van der Waals surface area (Å²) in [4.78, 5) is 11.3. The summed E-state index contributed by atoms with van der Waals surface area (Å²) in [6.07, 6.45) is 0.983. The Labute approximate surface area is 86.2 Å². The lowest BCUT2D eigenvalue weighted by atomic mass is 9.79. The Balaban J connectivity index is 2.74. The molecule has 1 aliphatic rings. The average molecular weight is 199 g/mol. The summed E-state index contributed by atoms with van der Waals surface area (Å²) in [6.45, 7) is 9.48. The number of morpholine rings is 1. The third kappa shape index (κ3) is 2.47. The minimum absolute atomic E-state index is 0.0191. The van der Waals surface area contributed by atoms with Crippen molar-refractivity contribution in [2.24, 2.45) is 11.8 Å². The van der Waals surface area contributed by atoms with Gasteiger partial charge < -0.3 is 10.1 Å². The van der Waals surface area contributed by atoms with Crippen LogP contribution in [0.3, 0.4) is 0 Å². The van der Waals surface area contributed by atoms with E-state index in [-0.39, 0.29) is 18.1 Å². The van der Waals surface area contributed by atoms with Crippen molar-refractivity contribution >= 4 is 5.91 Å². The zero-order valence-corrected chi connectivity index (χ0v) is 9.59. The van der Waals surface area contributed by atoms with Gasteiger partial charge in [0.15, 0.2) is 0 Å². The van der Waals surface area contributed by atoms with Crippen LogP contribution in [0.25, 0.3) is 0 Å². The van der Waals surface area contributed by atoms with Crippen LogP contribution in [0.5, 0.6) is 0 Å². The van der Waals surface area contributed by atoms with Crippen molar-refractivity contribution < 1.29 is 9.53 Å². The molecule has 1 heterocycles. The molecule has 0 aromatic rings. The van der Waals surface area contributed by atoms with Crippen molar-refractivity contribution in [2.75, 3.05) is 13.2 Å². The van der Waals surface area contributed by atoms with Crippen molar-refractivity contribution in [1.82, 2.24) is 5.32 Å². The predicted molar refractivity (Wildman–Crippen MR) is 56.0 cm³/mol. The first-order chi connectivity index (χ1) is 6.46. The van der Waals surface area contributed by atoms with Gasteiger partial charge in [0.05, 0.1) is 12.1 Å². The second-order valence-electron chi connectivity index (χ2n) is 4.95. The van der Waals surface area contributed by atoms with Crippen molar-refractivity contribution in [1.29, 1.82) is 0 Å². The molecule has 1 amide bonds. The van der Waals surface area contributed by atoms with Gasteiger partial charge in [-0.3, -0.25) is 4.79 Å². The van der Waals surface area contributed by atoms with Crippen molar-refractivity contribution in [3.63, 3.8) is 0 Å². The molecule has 1 unspecified atom stereocenters. The smallest absolute Gasteiger partial charge is 0.246 e. The lowest BCUT2D eigenvalue weighted by Gasteiger charge is -2.42. The fourth-order valence-corrected chi connectivity index (χ4v) is 2.06. The number of ether oxygens (including phenoxy) is 1. The van der Waals surface area contributed by atoms with Crippen LogP contribution in [0.4, 0.5) is 0 Å². The number of carbonyl (C=O) groups is 1. The molecule has 1 atom stereocenters. The average Bonchev–Trinajstić information content (AvgIpc) is 2.02. The van der Waals surface area contributed by atoms with E-state index in [0.29, 0.717) is 18.4 Å². The minimum atomic E-state index is -0.149. The van der Waals surface area contributed by atoms with Crippen LogP contribution in [0.15, 0.2) is 0 Å². The van der Waals surface area contributed by atoms with Crippen molar-refractivity contribution in [3.05, 3.63) is 0 Å². The van der Waals surface area contributed by atoms with Crippen molar-refractivity contribution in [3.8, 4) is 0 Å². The molecule has 0 aliphatic carbocycles. The van der Waals surface area contributed by atoms with Crippen LogP contribution in [0, 0.1) is 11.8 Å². The van der Waals surface area contributed by atoms with E-state index in [4.69, 9.17) is 4.74 Å². The molecular formula is C11H21NO2. The van der Waals surface area contributed by atoms with Crippen LogP contribution >= 0.6 is 0 Å². The van der Waals surface area contributed by atoms with E-state index in [9.17, 15) is 4.79 Å². The highest BCUT2D eigenvalue weighted by Gasteiger charge is 2.38. The zero-order chi connectivity index (χ0) is 10.8. The van der Waals surface area contributed by atoms with Gasteiger partial charge in [0.25, 0.3) is 0 Å². The second kappa shape index (κ2) is 4.30. The molecule has 82 valence electrons. The van der Waals surface area contributed by atoms with Gasteiger partial charge in [-0.2, -0.15) is 0 Å². The number of amides is 1. The summed E-state index contributed by atoms with van der Waals surface area (Å²) >= 11 is 0. The van der Waals surface area contributed by atoms with E-state index >= 15 is 0 Å². The molecule has 0 radical (unpaired) electrons. The Morgan fingerprint density at radius 1 is 1.43 bits per heavy atom. The molecule has 1 rings (SSSR count). The topological polar surface area (TPSA) is 38.3 Å². The summed E-state index contributed by atoms with van der Waals surface area (Å²) < 4.78 is 5.35. The van der Waals surface area contributed by atoms with E-state index in [1.807, 2.05) is 0 Å². The largest absolute Gasteiger partial charge is 0.369 e. The Morgan fingerprint density at radius 3 is 2.50 bits per heavy atom. The van der Waals surface area contributed by atoms with E-state index < -0.39 is 0 Å². The second-order valence-corrected chi connectivity index (χ2v) is 4.95. The minimum Gasteiger partial charge on any atom is -0.369 e. The van der Waals surface area contributed by atoms with E-state index in [2.05, 4.69) is 33.0 Å². The summed E-state index contributed by atoms with van der Waals surface area (Å²) in [6, 6.07) is 0. The van der Waals surface area contributed by atoms with E-state index in [0.717, 1.165) is 6.42 Å². The van der Waals surface area contributed by atoms with Crippen LogP contribution < -0.4 is 5.32 Å². The lowest BCUT2D eigenvalue weighted by molar-refractivity contribution is -0.138. The number of hydrogen-bond donors (Lipinski definition) is 1. The van der Waals surface area contributed by atoms with Crippen LogP contribution in [0.1, 0.15) is 34.1 Å². The number of hydrogen-bond acceptors (Lipinski definition) is 2. The molecule has 0 bridgehead atoms. The zero-order valence-electron chi connectivity index (χ0n) is 9.59. The summed E-state index contributed by atoms with van der Waals surface area (Å²) in [5, 5.41) is 3.10. The number of carbonyl (C=O) groups excluding carboxylic acids is 1. The predicted octanol–water partition coefficient (Wildman–Crippen LogP) is 1.57. The Bertz CT molecular complexity index is 213. The molecule has 1 aliphatic heterocycles. The Kier molecular flexibility index (Phi) is 3.53. The molecule has 3 heteroatoms. The highest BCUT2D eigenvalue weighted by atomic mass is 16.5. The maximum Gasteiger partial charge on any atom is 0.246 e. The van der Waals surface area contributed by atoms with Crippen molar-refractivity contribution in [2.45, 2.75) is 39.7 Å². The Morgan fingerprint density at radius 2 is 2.07 bits per heavy atom.